The van der Waals surface area contributed by atoms with Crippen molar-refractivity contribution in [1.29, 1.82) is 0 Å². The highest BCUT2D eigenvalue weighted by Gasteiger charge is 2.08. The summed E-state index contributed by atoms with van der Waals surface area (Å²) in [4.78, 5) is 16.2. The number of amides is 2. The highest BCUT2D eigenvalue weighted by Crippen LogP contribution is 2.18. The minimum atomic E-state index is -0.258. The minimum absolute atomic E-state index is 0.258. The van der Waals surface area contributed by atoms with E-state index in [1.165, 1.54) is 11.8 Å². The van der Waals surface area contributed by atoms with Gasteiger partial charge < -0.3 is 16.0 Å². The second-order valence-corrected chi connectivity index (χ2v) is 6.28. The van der Waals surface area contributed by atoms with E-state index in [4.69, 9.17) is 0 Å². The van der Waals surface area contributed by atoms with Gasteiger partial charge >= 0.3 is 6.03 Å². The largest absolute Gasteiger partial charge is 0.370 e. The summed E-state index contributed by atoms with van der Waals surface area (Å²) in [6.07, 6.45) is 4.42. The maximum Gasteiger partial charge on any atom is 0.319 e. The first-order valence-corrected chi connectivity index (χ1v) is 9.61. The molecule has 140 valence electrons. The Morgan fingerprint density at radius 3 is 2.93 bits per heavy atom. The molecule has 0 atom stereocenters. The van der Waals surface area contributed by atoms with Crippen LogP contribution in [0.5, 0.6) is 0 Å². The van der Waals surface area contributed by atoms with Gasteiger partial charge in [-0.05, 0) is 53.4 Å². The smallest absolute Gasteiger partial charge is 0.319 e. The number of hydrogen-bond donors (Lipinski definition) is 3. The molecule has 0 saturated heterocycles. The molecule has 2 aromatic heterocycles. The molecule has 3 rings (SSSR count). The molecule has 0 aliphatic heterocycles. The summed E-state index contributed by atoms with van der Waals surface area (Å²) in [6, 6.07) is 12.8. The number of carbonyl (C=O) groups is 1. The van der Waals surface area contributed by atoms with E-state index in [1.54, 1.807) is 10.9 Å². The van der Waals surface area contributed by atoms with Crippen LogP contribution in [0.1, 0.15) is 6.42 Å². The number of pyridine rings is 1. The Labute approximate surface area is 161 Å². The Morgan fingerprint density at radius 1 is 1.19 bits per heavy atom. The number of rotatable bonds is 8. The van der Waals surface area contributed by atoms with Crippen molar-refractivity contribution in [3.05, 3.63) is 48.7 Å². The topological polar surface area (TPSA) is 110 Å². The van der Waals surface area contributed by atoms with Crippen molar-refractivity contribution in [2.45, 2.75) is 11.6 Å². The van der Waals surface area contributed by atoms with Crippen molar-refractivity contribution in [2.75, 3.05) is 30.0 Å². The van der Waals surface area contributed by atoms with Gasteiger partial charge in [-0.2, -0.15) is 4.68 Å². The lowest BCUT2D eigenvalue weighted by Crippen LogP contribution is -2.30. The van der Waals surface area contributed by atoms with Crippen LogP contribution in [-0.2, 0) is 0 Å². The van der Waals surface area contributed by atoms with Crippen molar-refractivity contribution in [2.24, 2.45) is 0 Å². The molecule has 9 nitrogen and oxygen atoms in total. The number of aromatic nitrogens is 5. The zero-order chi connectivity index (χ0) is 18.9. The van der Waals surface area contributed by atoms with Crippen molar-refractivity contribution in [1.82, 2.24) is 30.5 Å². The number of urea groups is 1. The quantitative estimate of drug-likeness (QED) is 0.404. The molecule has 0 aliphatic carbocycles. The van der Waals surface area contributed by atoms with Crippen LogP contribution in [0.4, 0.5) is 16.3 Å². The number of thioether (sulfide) groups is 1. The molecule has 0 bridgehead atoms. The molecule has 0 aliphatic rings. The van der Waals surface area contributed by atoms with Crippen LogP contribution in [0.15, 0.2) is 53.8 Å². The molecule has 2 heterocycles. The lowest BCUT2D eigenvalue weighted by Gasteiger charge is -2.10. The molecular weight excluding hydrogens is 364 g/mol. The van der Waals surface area contributed by atoms with Crippen molar-refractivity contribution >= 4 is 29.3 Å². The predicted molar refractivity (Wildman–Crippen MR) is 105 cm³/mol. The fraction of sp³-hybridized carbons (Fsp3) is 0.235. The first kappa shape index (κ1) is 18.6. The van der Waals surface area contributed by atoms with Gasteiger partial charge in [0.2, 0.25) is 5.16 Å². The Morgan fingerprint density at radius 2 is 2.11 bits per heavy atom. The third kappa shape index (κ3) is 5.42. The van der Waals surface area contributed by atoms with Crippen LogP contribution in [-0.4, -0.2) is 50.6 Å². The third-order valence-corrected chi connectivity index (χ3v) is 4.20. The summed E-state index contributed by atoms with van der Waals surface area (Å²) in [5.41, 5.74) is 1.45. The summed E-state index contributed by atoms with van der Waals surface area (Å²) in [5.74, 6) is 0.825. The Kier molecular flexibility index (Phi) is 6.58. The Bertz CT molecular complexity index is 870. The van der Waals surface area contributed by atoms with Crippen LogP contribution in [0, 0.1) is 0 Å². The SMILES string of the molecule is CSc1nnnn1-c1cccc(NC(=O)NCCCNc2ccccn2)c1. The molecule has 27 heavy (non-hydrogen) atoms. The van der Waals surface area contributed by atoms with Gasteiger partial charge in [-0.25, -0.2) is 9.78 Å². The normalized spacial score (nSPS) is 10.4. The van der Waals surface area contributed by atoms with E-state index >= 15 is 0 Å². The number of anilines is 2. The molecule has 1 aromatic carbocycles. The van der Waals surface area contributed by atoms with Gasteiger partial charge in [0.25, 0.3) is 0 Å². The highest BCUT2D eigenvalue weighted by atomic mass is 32.2. The molecule has 0 fully saturated rings. The van der Waals surface area contributed by atoms with E-state index in [9.17, 15) is 4.79 Å². The van der Waals surface area contributed by atoms with E-state index in [0.29, 0.717) is 17.4 Å². The van der Waals surface area contributed by atoms with Crippen molar-refractivity contribution in [3.8, 4) is 5.69 Å². The monoisotopic (exact) mass is 384 g/mol. The first-order valence-electron chi connectivity index (χ1n) is 8.39. The van der Waals surface area contributed by atoms with Crippen LogP contribution in [0.25, 0.3) is 5.69 Å². The van der Waals surface area contributed by atoms with Gasteiger partial charge in [0, 0.05) is 25.0 Å². The average Bonchev–Trinajstić information content (AvgIpc) is 3.17. The van der Waals surface area contributed by atoms with E-state index in [0.717, 1.165) is 24.5 Å². The Hall–Kier alpha value is -3.14. The van der Waals surface area contributed by atoms with Crippen molar-refractivity contribution in [3.63, 3.8) is 0 Å². The summed E-state index contributed by atoms with van der Waals surface area (Å²) in [7, 11) is 0. The molecule has 0 spiro atoms. The highest BCUT2D eigenvalue weighted by molar-refractivity contribution is 7.98. The second kappa shape index (κ2) is 9.53. The molecule has 3 aromatic rings. The summed E-state index contributed by atoms with van der Waals surface area (Å²) >= 11 is 1.45. The molecule has 0 unspecified atom stereocenters. The van der Waals surface area contributed by atoms with Crippen LogP contribution < -0.4 is 16.0 Å². The van der Waals surface area contributed by atoms with Crippen LogP contribution in [0.3, 0.4) is 0 Å². The summed E-state index contributed by atoms with van der Waals surface area (Å²) in [5, 5.41) is 21.1. The summed E-state index contributed by atoms with van der Waals surface area (Å²) < 4.78 is 1.62. The number of carbonyl (C=O) groups excluding carboxylic acids is 1. The number of benzene rings is 1. The molecule has 0 saturated carbocycles. The molecule has 2 amide bonds. The molecule has 10 heteroatoms. The predicted octanol–water partition coefficient (Wildman–Crippen LogP) is 2.40. The zero-order valence-electron chi connectivity index (χ0n) is 14.8. The molecule has 3 N–H and O–H groups in total. The number of nitrogens with zero attached hydrogens (tertiary/aromatic N) is 5. The minimum Gasteiger partial charge on any atom is -0.370 e. The van der Waals surface area contributed by atoms with Gasteiger partial charge in [0.15, 0.2) is 0 Å². The van der Waals surface area contributed by atoms with Gasteiger partial charge in [0.1, 0.15) is 5.82 Å². The van der Waals surface area contributed by atoms with Crippen LogP contribution in [0.2, 0.25) is 0 Å². The molecule has 0 radical (unpaired) electrons. The van der Waals surface area contributed by atoms with Crippen LogP contribution >= 0.6 is 11.8 Å². The van der Waals surface area contributed by atoms with Crippen molar-refractivity contribution < 1.29 is 4.79 Å². The van der Waals surface area contributed by atoms with E-state index < -0.39 is 0 Å². The summed E-state index contributed by atoms with van der Waals surface area (Å²) in [6.45, 7) is 1.28. The second-order valence-electron chi connectivity index (χ2n) is 5.50. The van der Waals surface area contributed by atoms with Gasteiger partial charge in [-0.3, -0.25) is 0 Å². The zero-order valence-corrected chi connectivity index (χ0v) is 15.6. The number of nitrogens with one attached hydrogen (secondary N) is 3. The lowest BCUT2D eigenvalue weighted by atomic mass is 10.3. The maximum absolute atomic E-state index is 12.1. The van der Waals surface area contributed by atoms with Gasteiger partial charge in [0.05, 0.1) is 5.69 Å². The van der Waals surface area contributed by atoms with E-state index in [2.05, 4.69) is 36.5 Å². The Balaban J connectivity index is 1.45. The number of tetrazole rings is 1. The van der Waals surface area contributed by atoms with E-state index in [-0.39, 0.29) is 6.03 Å². The lowest BCUT2D eigenvalue weighted by molar-refractivity contribution is 0.252. The maximum atomic E-state index is 12.1. The third-order valence-electron chi connectivity index (χ3n) is 3.58. The van der Waals surface area contributed by atoms with E-state index in [1.807, 2.05) is 48.7 Å². The molecular formula is C17H20N8OS. The number of hydrogen-bond acceptors (Lipinski definition) is 7. The fourth-order valence-electron chi connectivity index (χ4n) is 2.33. The first-order chi connectivity index (χ1) is 13.3. The average molecular weight is 384 g/mol. The van der Waals surface area contributed by atoms with Gasteiger partial charge in [-0.15, -0.1) is 5.10 Å². The fourth-order valence-corrected chi connectivity index (χ4v) is 2.77. The van der Waals surface area contributed by atoms with Gasteiger partial charge in [-0.1, -0.05) is 23.9 Å². The standard InChI is InChI=1S/C17H20N8OS/c1-27-17-22-23-24-25(17)14-7-4-6-13(12-14)21-16(26)20-11-5-10-19-15-8-2-3-9-18-15/h2-4,6-9,12H,5,10-11H2,1H3,(H,18,19)(H2,20,21,26).